The number of carbonyl (C=O) groups is 1. The van der Waals surface area contributed by atoms with E-state index in [1.807, 2.05) is 44.5 Å². The van der Waals surface area contributed by atoms with Gasteiger partial charge in [0.05, 0.1) is 34.5 Å². The lowest BCUT2D eigenvalue weighted by Crippen LogP contribution is -2.51. The highest BCUT2D eigenvalue weighted by atomic mass is 16.2. The van der Waals surface area contributed by atoms with Crippen LogP contribution in [0.3, 0.4) is 0 Å². The molecule has 4 heterocycles. The summed E-state index contributed by atoms with van der Waals surface area (Å²) in [6.07, 6.45) is 11.0. The Balaban J connectivity index is 1.42. The van der Waals surface area contributed by atoms with Crippen molar-refractivity contribution in [1.29, 1.82) is 0 Å². The number of hydrogen-bond acceptors (Lipinski definition) is 5. The maximum Gasteiger partial charge on any atom is 0.255 e. The van der Waals surface area contributed by atoms with Crippen LogP contribution in [0, 0.1) is 19.8 Å². The van der Waals surface area contributed by atoms with Gasteiger partial charge in [-0.15, -0.1) is 0 Å². The lowest BCUT2D eigenvalue weighted by molar-refractivity contribution is -0.122. The topological polar surface area (TPSA) is 57.0 Å². The van der Waals surface area contributed by atoms with Crippen LogP contribution < -0.4 is 0 Å². The second kappa shape index (κ2) is 9.12. The van der Waals surface area contributed by atoms with Crippen LogP contribution in [0.4, 0.5) is 0 Å². The first-order valence-electron chi connectivity index (χ1n) is 11.3. The fourth-order valence-corrected chi connectivity index (χ4v) is 4.28. The molecule has 0 spiro atoms. The van der Waals surface area contributed by atoms with Gasteiger partial charge < -0.3 is 9.80 Å². The van der Waals surface area contributed by atoms with Crippen molar-refractivity contribution < 1.29 is 4.79 Å². The van der Waals surface area contributed by atoms with Gasteiger partial charge in [-0.3, -0.25) is 14.7 Å². The number of likely N-dealkylation sites (tertiary alicyclic amines) is 1. The Hall–Kier alpha value is -3.19. The number of rotatable bonds is 7. The molecule has 0 N–H and O–H groups in total. The van der Waals surface area contributed by atoms with Crippen molar-refractivity contribution in [2.45, 2.75) is 27.7 Å². The smallest absolute Gasteiger partial charge is 0.255 e. The van der Waals surface area contributed by atoms with Crippen LogP contribution in [0.25, 0.3) is 11.6 Å². The summed E-state index contributed by atoms with van der Waals surface area (Å²) in [6, 6.07) is 1.94. The summed E-state index contributed by atoms with van der Waals surface area (Å²) in [5.41, 5.74) is 5.20. The molecule has 2 aliphatic rings. The minimum absolute atomic E-state index is 0.139. The molecule has 0 saturated carbocycles. The van der Waals surface area contributed by atoms with E-state index in [1.165, 1.54) is 0 Å². The molecule has 4 rings (SSSR count). The molecule has 168 valence electrons. The third-order valence-electron chi connectivity index (χ3n) is 6.16. The zero-order valence-corrected chi connectivity index (χ0v) is 19.5. The van der Waals surface area contributed by atoms with Crippen molar-refractivity contribution in [3.05, 3.63) is 71.7 Å². The molecule has 0 aliphatic carbocycles. The van der Waals surface area contributed by atoms with Crippen LogP contribution >= 0.6 is 0 Å². The normalized spacial score (nSPS) is 17.0. The van der Waals surface area contributed by atoms with Crippen molar-refractivity contribution in [3.8, 4) is 0 Å². The van der Waals surface area contributed by atoms with Gasteiger partial charge in [0.15, 0.2) is 0 Å². The summed E-state index contributed by atoms with van der Waals surface area (Å²) in [6.45, 7) is 17.7. The molecule has 1 saturated heterocycles. The Morgan fingerprint density at radius 2 is 2.00 bits per heavy atom. The van der Waals surface area contributed by atoms with Gasteiger partial charge in [-0.05, 0) is 51.2 Å². The number of aromatic nitrogens is 3. The third-order valence-corrected chi connectivity index (χ3v) is 6.16. The Bertz CT molecular complexity index is 1110. The first kappa shape index (κ1) is 22.0. The Kier molecular flexibility index (Phi) is 6.28. The van der Waals surface area contributed by atoms with E-state index >= 15 is 0 Å². The van der Waals surface area contributed by atoms with Gasteiger partial charge in [-0.25, -0.2) is 4.52 Å². The average Bonchev–Trinajstić information content (AvgIpc) is 3.15. The summed E-state index contributed by atoms with van der Waals surface area (Å²) in [7, 11) is 0. The lowest BCUT2D eigenvalue weighted by Gasteiger charge is -2.44. The van der Waals surface area contributed by atoms with Gasteiger partial charge in [0.25, 0.3) is 5.91 Å². The highest BCUT2D eigenvalue weighted by molar-refractivity contribution is 5.94. The molecular weight excluding hydrogens is 400 g/mol. The SMILES string of the molecule is C=C1C=CC(N2CC(CN(CC)CC)C2)=CN1C(=O)/C=C/c1cc2c(C)nc(C)cn2n1. The molecule has 0 atom stereocenters. The van der Waals surface area contributed by atoms with Crippen molar-refractivity contribution in [3.63, 3.8) is 0 Å². The molecular formula is C25H32N6O. The number of nitrogens with zero attached hydrogens (tertiary/aromatic N) is 6. The summed E-state index contributed by atoms with van der Waals surface area (Å²) >= 11 is 0. The highest BCUT2D eigenvalue weighted by Crippen LogP contribution is 2.26. The first-order valence-corrected chi connectivity index (χ1v) is 11.3. The molecule has 0 radical (unpaired) electrons. The van der Waals surface area contributed by atoms with E-state index in [0.717, 1.165) is 61.0 Å². The molecule has 0 aromatic carbocycles. The summed E-state index contributed by atoms with van der Waals surface area (Å²) in [4.78, 5) is 23.8. The van der Waals surface area contributed by atoms with Crippen molar-refractivity contribution in [1.82, 2.24) is 29.3 Å². The predicted molar refractivity (Wildman–Crippen MR) is 128 cm³/mol. The quantitative estimate of drug-likeness (QED) is 0.628. The summed E-state index contributed by atoms with van der Waals surface area (Å²) in [5.74, 6) is 0.537. The largest absolute Gasteiger partial charge is 0.370 e. The van der Waals surface area contributed by atoms with E-state index in [2.05, 4.69) is 40.3 Å². The monoisotopic (exact) mass is 432 g/mol. The van der Waals surface area contributed by atoms with Crippen LogP contribution in [-0.2, 0) is 4.79 Å². The number of hydrogen-bond donors (Lipinski definition) is 0. The molecule has 1 amide bonds. The van der Waals surface area contributed by atoms with Gasteiger partial charge in [-0.1, -0.05) is 20.4 Å². The minimum atomic E-state index is -0.139. The second-order valence-corrected chi connectivity index (χ2v) is 8.54. The molecule has 7 nitrogen and oxygen atoms in total. The molecule has 0 unspecified atom stereocenters. The van der Waals surface area contributed by atoms with Crippen LogP contribution in [0.5, 0.6) is 0 Å². The second-order valence-electron chi connectivity index (χ2n) is 8.54. The zero-order chi connectivity index (χ0) is 22.8. The van der Waals surface area contributed by atoms with E-state index in [-0.39, 0.29) is 5.91 Å². The molecule has 2 aromatic rings. The van der Waals surface area contributed by atoms with E-state index < -0.39 is 0 Å². The van der Waals surface area contributed by atoms with Gasteiger partial charge in [0, 0.05) is 43.5 Å². The van der Waals surface area contributed by atoms with E-state index in [0.29, 0.717) is 11.6 Å². The highest BCUT2D eigenvalue weighted by Gasteiger charge is 2.30. The van der Waals surface area contributed by atoms with Crippen LogP contribution in [-0.4, -0.2) is 67.9 Å². The van der Waals surface area contributed by atoms with Crippen LogP contribution in [0.1, 0.15) is 30.9 Å². The number of carbonyl (C=O) groups excluding carboxylic acids is 1. The molecule has 2 aliphatic heterocycles. The molecule has 2 aromatic heterocycles. The maximum atomic E-state index is 12.9. The first-order chi connectivity index (χ1) is 15.4. The van der Waals surface area contributed by atoms with E-state index in [9.17, 15) is 4.79 Å². The minimum Gasteiger partial charge on any atom is -0.370 e. The predicted octanol–water partition coefficient (Wildman–Crippen LogP) is 3.39. The average molecular weight is 433 g/mol. The molecule has 1 fully saturated rings. The lowest BCUT2D eigenvalue weighted by atomic mass is 9.98. The number of allylic oxidation sites excluding steroid dienone is 2. The van der Waals surface area contributed by atoms with E-state index in [4.69, 9.17) is 0 Å². The van der Waals surface area contributed by atoms with E-state index in [1.54, 1.807) is 21.6 Å². The number of fused-ring (bicyclic) bond motifs is 1. The molecule has 7 heteroatoms. The van der Waals surface area contributed by atoms with Gasteiger partial charge >= 0.3 is 0 Å². The van der Waals surface area contributed by atoms with Gasteiger partial charge in [0.1, 0.15) is 0 Å². The van der Waals surface area contributed by atoms with Crippen LogP contribution in [0.2, 0.25) is 0 Å². The Labute approximate surface area is 190 Å². The maximum absolute atomic E-state index is 12.9. The number of amides is 1. The molecule has 32 heavy (non-hydrogen) atoms. The fraction of sp³-hybridized carbons (Fsp3) is 0.400. The summed E-state index contributed by atoms with van der Waals surface area (Å²) < 4.78 is 1.81. The Morgan fingerprint density at radius 3 is 2.72 bits per heavy atom. The standard InChI is InChI=1S/C25H32N6O/c1-6-28(7-2)14-21-15-29(16-21)23-10-8-19(4)30(17-23)25(32)11-9-22-12-24-20(5)26-18(3)13-31(24)27-22/h8-13,17,21H,4,6-7,14-16H2,1-3,5H3/b11-9+. The van der Waals surface area contributed by atoms with Crippen molar-refractivity contribution >= 4 is 17.5 Å². The zero-order valence-electron chi connectivity index (χ0n) is 19.5. The van der Waals surface area contributed by atoms with Gasteiger partial charge in [-0.2, -0.15) is 5.10 Å². The number of aryl methyl sites for hydroxylation is 2. The molecule has 0 bridgehead atoms. The van der Waals surface area contributed by atoms with Gasteiger partial charge in [0.2, 0.25) is 0 Å². The van der Waals surface area contributed by atoms with Crippen molar-refractivity contribution in [2.24, 2.45) is 5.92 Å². The third kappa shape index (κ3) is 4.53. The Morgan fingerprint density at radius 1 is 1.25 bits per heavy atom. The van der Waals surface area contributed by atoms with Crippen LogP contribution in [0.15, 0.2) is 54.7 Å². The van der Waals surface area contributed by atoms with Crippen molar-refractivity contribution in [2.75, 3.05) is 32.7 Å². The fourth-order valence-electron chi connectivity index (χ4n) is 4.28. The summed E-state index contributed by atoms with van der Waals surface area (Å²) in [5, 5.41) is 4.54.